The average Bonchev–Trinajstić information content (AvgIpc) is 2.46. The molecular formula is C16H18O6. The molecule has 2 aromatic rings. The van der Waals surface area contributed by atoms with Gasteiger partial charge in [0, 0.05) is 24.6 Å². The number of hydrogen-bond donors (Lipinski definition) is 0. The molecule has 22 heavy (non-hydrogen) atoms. The van der Waals surface area contributed by atoms with Crippen LogP contribution in [0.25, 0.3) is 11.0 Å². The zero-order chi connectivity index (χ0) is 16.1. The van der Waals surface area contributed by atoms with Crippen LogP contribution in [-0.4, -0.2) is 32.4 Å². The van der Waals surface area contributed by atoms with E-state index in [4.69, 9.17) is 18.6 Å². The van der Waals surface area contributed by atoms with E-state index in [1.807, 2.05) is 6.92 Å². The summed E-state index contributed by atoms with van der Waals surface area (Å²) in [5.74, 6) is -0.0553. The summed E-state index contributed by atoms with van der Waals surface area (Å²) in [4.78, 5) is 23.1. The third-order valence-corrected chi connectivity index (χ3v) is 3.10. The van der Waals surface area contributed by atoms with Crippen molar-refractivity contribution in [3.8, 4) is 5.75 Å². The molecular weight excluding hydrogens is 288 g/mol. The second-order valence-corrected chi connectivity index (χ2v) is 4.83. The first-order valence-electron chi connectivity index (χ1n) is 6.88. The molecule has 0 bridgehead atoms. The van der Waals surface area contributed by atoms with Crippen molar-refractivity contribution in [3.63, 3.8) is 0 Å². The van der Waals surface area contributed by atoms with Gasteiger partial charge in [-0.15, -0.1) is 0 Å². The van der Waals surface area contributed by atoms with Crippen molar-refractivity contribution in [2.45, 2.75) is 20.0 Å². The SMILES string of the molecule is COCCOC(=O)[C@@H](C)Oc1ccc2c(C)cc(=O)oc2c1. The summed E-state index contributed by atoms with van der Waals surface area (Å²) < 4.78 is 20.4. The molecule has 0 N–H and O–H groups in total. The van der Waals surface area contributed by atoms with Gasteiger partial charge in [0.05, 0.1) is 6.61 Å². The van der Waals surface area contributed by atoms with Gasteiger partial charge in [-0.05, 0) is 31.5 Å². The standard InChI is InChI=1S/C16H18O6/c1-10-8-15(17)22-14-9-12(4-5-13(10)14)21-11(2)16(18)20-7-6-19-3/h4-5,8-9,11H,6-7H2,1-3H3/t11-/m1/s1. The van der Waals surface area contributed by atoms with Crippen LogP contribution in [0.15, 0.2) is 33.5 Å². The van der Waals surface area contributed by atoms with Crippen molar-refractivity contribution >= 4 is 16.9 Å². The smallest absolute Gasteiger partial charge is 0.347 e. The first-order chi connectivity index (χ1) is 10.5. The van der Waals surface area contributed by atoms with E-state index in [2.05, 4.69) is 0 Å². The second kappa shape index (κ2) is 7.09. The molecule has 1 heterocycles. The lowest BCUT2D eigenvalue weighted by molar-refractivity contribution is -0.152. The fourth-order valence-corrected chi connectivity index (χ4v) is 1.97. The second-order valence-electron chi connectivity index (χ2n) is 4.83. The van der Waals surface area contributed by atoms with Crippen molar-refractivity contribution in [3.05, 3.63) is 40.2 Å². The van der Waals surface area contributed by atoms with Gasteiger partial charge in [0.1, 0.15) is 17.9 Å². The lowest BCUT2D eigenvalue weighted by atomic mass is 10.1. The molecule has 0 radical (unpaired) electrons. The molecule has 0 saturated carbocycles. The number of benzene rings is 1. The molecule has 0 aliphatic rings. The lowest BCUT2D eigenvalue weighted by Gasteiger charge is -2.14. The fourth-order valence-electron chi connectivity index (χ4n) is 1.97. The minimum atomic E-state index is -0.772. The highest BCUT2D eigenvalue weighted by Crippen LogP contribution is 2.23. The van der Waals surface area contributed by atoms with Gasteiger partial charge in [0.25, 0.3) is 0 Å². The van der Waals surface area contributed by atoms with Crippen LogP contribution < -0.4 is 10.4 Å². The zero-order valence-corrected chi connectivity index (χ0v) is 12.8. The maximum Gasteiger partial charge on any atom is 0.347 e. The first kappa shape index (κ1) is 16.0. The molecule has 6 heteroatoms. The number of fused-ring (bicyclic) bond motifs is 1. The summed E-state index contributed by atoms with van der Waals surface area (Å²) >= 11 is 0. The van der Waals surface area contributed by atoms with Crippen LogP contribution in [0, 0.1) is 6.92 Å². The summed E-state index contributed by atoms with van der Waals surface area (Å²) in [6, 6.07) is 6.52. The normalized spacial score (nSPS) is 12.1. The van der Waals surface area contributed by atoms with E-state index in [1.54, 1.807) is 25.1 Å². The number of hydrogen-bond acceptors (Lipinski definition) is 6. The average molecular weight is 306 g/mol. The maximum atomic E-state index is 11.7. The Kier molecular flexibility index (Phi) is 5.16. The Morgan fingerprint density at radius 2 is 2.05 bits per heavy atom. The number of methoxy groups -OCH3 is 1. The number of carbonyl (C=O) groups is 1. The highest BCUT2D eigenvalue weighted by Gasteiger charge is 2.16. The Morgan fingerprint density at radius 1 is 1.27 bits per heavy atom. The molecule has 0 fully saturated rings. The van der Waals surface area contributed by atoms with Crippen LogP contribution in [0.3, 0.4) is 0 Å². The van der Waals surface area contributed by atoms with Gasteiger partial charge >= 0.3 is 11.6 Å². The quantitative estimate of drug-likeness (QED) is 0.462. The Balaban J connectivity index is 2.11. The van der Waals surface area contributed by atoms with Crippen molar-refractivity contribution in [2.75, 3.05) is 20.3 Å². The van der Waals surface area contributed by atoms with Crippen LogP contribution in [0.4, 0.5) is 0 Å². The molecule has 0 aliphatic carbocycles. The van der Waals surface area contributed by atoms with E-state index in [9.17, 15) is 9.59 Å². The summed E-state index contributed by atoms with van der Waals surface area (Å²) in [6.07, 6.45) is -0.772. The van der Waals surface area contributed by atoms with Gasteiger partial charge in [-0.2, -0.15) is 0 Å². The summed E-state index contributed by atoms with van der Waals surface area (Å²) in [6.45, 7) is 3.93. The molecule has 1 aromatic heterocycles. The molecule has 0 aliphatic heterocycles. The van der Waals surface area contributed by atoms with Crippen molar-refractivity contribution in [2.24, 2.45) is 0 Å². The monoisotopic (exact) mass is 306 g/mol. The fraction of sp³-hybridized carbons (Fsp3) is 0.375. The van der Waals surface area contributed by atoms with Crippen LogP contribution in [0.2, 0.25) is 0 Å². The van der Waals surface area contributed by atoms with Crippen LogP contribution >= 0.6 is 0 Å². The Hall–Kier alpha value is -2.34. The predicted octanol–water partition coefficient (Wildman–Crippen LogP) is 2.06. The minimum absolute atomic E-state index is 0.175. The van der Waals surface area contributed by atoms with Crippen molar-refractivity contribution in [1.82, 2.24) is 0 Å². The van der Waals surface area contributed by atoms with Gasteiger partial charge in [0.2, 0.25) is 0 Å². The van der Waals surface area contributed by atoms with E-state index in [1.165, 1.54) is 13.2 Å². The maximum absolute atomic E-state index is 11.7. The highest BCUT2D eigenvalue weighted by atomic mass is 16.6. The largest absolute Gasteiger partial charge is 0.479 e. The van der Waals surface area contributed by atoms with Gasteiger partial charge < -0.3 is 18.6 Å². The van der Waals surface area contributed by atoms with Crippen LogP contribution in [0.5, 0.6) is 5.75 Å². The van der Waals surface area contributed by atoms with Gasteiger partial charge in [0.15, 0.2) is 6.10 Å². The number of aryl methyl sites for hydroxylation is 1. The van der Waals surface area contributed by atoms with Crippen molar-refractivity contribution < 1.29 is 23.4 Å². The highest BCUT2D eigenvalue weighted by molar-refractivity contribution is 5.81. The third kappa shape index (κ3) is 3.85. The van der Waals surface area contributed by atoms with E-state index < -0.39 is 17.7 Å². The number of esters is 1. The number of rotatable bonds is 6. The molecule has 118 valence electrons. The van der Waals surface area contributed by atoms with Crippen LogP contribution in [0.1, 0.15) is 12.5 Å². The number of ether oxygens (including phenoxy) is 3. The number of carbonyl (C=O) groups excluding carboxylic acids is 1. The molecule has 1 aromatic carbocycles. The van der Waals surface area contributed by atoms with E-state index >= 15 is 0 Å². The molecule has 0 spiro atoms. The Bertz CT molecular complexity index is 718. The molecule has 0 unspecified atom stereocenters. The predicted molar refractivity (Wildman–Crippen MR) is 80.1 cm³/mol. The Labute approximate surface area is 127 Å². The van der Waals surface area contributed by atoms with E-state index in [-0.39, 0.29) is 6.61 Å². The molecule has 1 atom stereocenters. The van der Waals surface area contributed by atoms with Crippen LogP contribution in [-0.2, 0) is 14.3 Å². The first-order valence-corrected chi connectivity index (χ1v) is 6.88. The topological polar surface area (TPSA) is 75.0 Å². The molecule has 0 saturated heterocycles. The third-order valence-electron chi connectivity index (χ3n) is 3.10. The minimum Gasteiger partial charge on any atom is -0.479 e. The summed E-state index contributed by atoms with van der Waals surface area (Å²) in [5.41, 5.74) is 0.821. The molecule has 2 rings (SSSR count). The molecule has 0 amide bonds. The Morgan fingerprint density at radius 3 is 2.77 bits per heavy atom. The lowest BCUT2D eigenvalue weighted by Crippen LogP contribution is -2.27. The van der Waals surface area contributed by atoms with Gasteiger partial charge in [-0.3, -0.25) is 0 Å². The molecule has 6 nitrogen and oxygen atoms in total. The van der Waals surface area contributed by atoms with Crippen molar-refractivity contribution in [1.29, 1.82) is 0 Å². The van der Waals surface area contributed by atoms with Gasteiger partial charge in [-0.1, -0.05) is 0 Å². The van der Waals surface area contributed by atoms with Gasteiger partial charge in [-0.25, -0.2) is 9.59 Å². The zero-order valence-electron chi connectivity index (χ0n) is 12.8. The summed E-state index contributed by atoms with van der Waals surface area (Å²) in [7, 11) is 1.53. The van der Waals surface area contributed by atoms with E-state index in [0.29, 0.717) is 17.9 Å². The van der Waals surface area contributed by atoms with E-state index in [0.717, 1.165) is 10.9 Å². The summed E-state index contributed by atoms with van der Waals surface area (Å²) in [5, 5.41) is 0.822.